The number of nitrogens with zero attached hydrogens (tertiary/aromatic N) is 3. The first-order chi connectivity index (χ1) is 11.0. The smallest absolute Gasteiger partial charge is 0.257 e. The van der Waals surface area contributed by atoms with E-state index in [-0.39, 0.29) is 18.2 Å². The number of methoxy groups -OCH3 is 1. The van der Waals surface area contributed by atoms with Gasteiger partial charge in [0.25, 0.3) is 5.91 Å². The molecule has 2 rings (SSSR count). The Morgan fingerprint density at radius 3 is 2.78 bits per heavy atom. The highest BCUT2D eigenvalue weighted by atomic mass is 16.5. The number of ether oxygens (including phenoxy) is 1. The van der Waals surface area contributed by atoms with Crippen molar-refractivity contribution in [2.24, 2.45) is 0 Å². The molecule has 1 fully saturated rings. The van der Waals surface area contributed by atoms with Crippen molar-refractivity contribution in [3.63, 3.8) is 0 Å². The van der Waals surface area contributed by atoms with Crippen molar-refractivity contribution in [1.82, 2.24) is 20.0 Å². The van der Waals surface area contributed by atoms with Crippen molar-refractivity contribution in [3.8, 4) is 0 Å². The maximum Gasteiger partial charge on any atom is 0.257 e. The summed E-state index contributed by atoms with van der Waals surface area (Å²) in [4.78, 5) is 26.8. The van der Waals surface area contributed by atoms with Crippen molar-refractivity contribution >= 4 is 11.8 Å². The summed E-state index contributed by atoms with van der Waals surface area (Å²) >= 11 is 0. The fourth-order valence-corrected chi connectivity index (χ4v) is 3.33. The van der Waals surface area contributed by atoms with E-state index < -0.39 is 5.54 Å². The minimum atomic E-state index is -0.577. The molecule has 0 spiro atoms. The molecule has 1 aromatic heterocycles. The summed E-state index contributed by atoms with van der Waals surface area (Å²) in [6.07, 6.45) is 3.67. The third kappa shape index (κ3) is 3.39. The van der Waals surface area contributed by atoms with Gasteiger partial charge in [-0.3, -0.25) is 14.3 Å². The quantitative estimate of drug-likeness (QED) is 0.847. The number of carbonyl (C=O) groups is 2. The summed E-state index contributed by atoms with van der Waals surface area (Å²) in [6.45, 7) is 5.53. The molecule has 0 radical (unpaired) electrons. The maximum absolute atomic E-state index is 13.0. The number of likely N-dealkylation sites (tertiary alicyclic amines) is 1. The summed E-state index contributed by atoms with van der Waals surface area (Å²) < 4.78 is 7.11. The average Bonchev–Trinajstić information content (AvgIpc) is 3.10. The van der Waals surface area contributed by atoms with Crippen LogP contribution in [0.3, 0.4) is 0 Å². The molecule has 1 atom stereocenters. The molecule has 0 bridgehead atoms. The first kappa shape index (κ1) is 17.5. The molecule has 0 saturated carbocycles. The number of rotatable bonds is 6. The fraction of sp³-hybridized carbons (Fsp3) is 0.688. The highest BCUT2D eigenvalue weighted by molar-refractivity contribution is 5.96. The minimum absolute atomic E-state index is 0.0688. The lowest BCUT2D eigenvalue weighted by atomic mass is 9.91. The number of aromatic nitrogens is 2. The SMILES string of the molecule is CCn1cc(C(=O)N2CCC[C@@]2(COC)CC(=O)NC)c(C)n1. The van der Waals surface area contributed by atoms with Gasteiger partial charge in [-0.2, -0.15) is 5.10 Å². The van der Waals surface area contributed by atoms with Crippen LogP contribution >= 0.6 is 0 Å². The summed E-state index contributed by atoms with van der Waals surface area (Å²) in [5.41, 5.74) is 0.744. The summed E-state index contributed by atoms with van der Waals surface area (Å²) in [5, 5.41) is 7.00. The Balaban J connectivity index is 2.32. The van der Waals surface area contributed by atoms with Gasteiger partial charge in [0, 0.05) is 33.4 Å². The van der Waals surface area contributed by atoms with Crippen LogP contribution in [0, 0.1) is 6.92 Å². The largest absolute Gasteiger partial charge is 0.382 e. The second-order valence-corrected chi connectivity index (χ2v) is 6.05. The standard InChI is InChI=1S/C16H26N4O3/c1-5-19-10-13(12(2)18-19)15(22)20-8-6-7-16(20,11-23-4)9-14(21)17-3/h10H,5-9,11H2,1-4H3,(H,17,21)/t16-/m0/s1. The zero-order chi connectivity index (χ0) is 17.0. The highest BCUT2D eigenvalue weighted by Gasteiger charge is 2.45. The Labute approximate surface area is 137 Å². The van der Waals surface area contributed by atoms with Crippen LogP contribution in [0.5, 0.6) is 0 Å². The Morgan fingerprint density at radius 2 is 2.22 bits per heavy atom. The molecule has 128 valence electrons. The molecule has 1 N–H and O–H groups in total. The van der Waals surface area contributed by atoms with Crippen LogP contribution in [-0.2, 0) is 16.1 Å². The number of nitrogens with one attached hydrogen (secondary N) is 1. The first-order valence-corrected chi connectivity index (χ1v) is 8.03. The lowest BCUT2D eigenvalue weighted by Crippen LogP contribution is -2.52. The Bertz CT molecular complexity index is 584. The van der Waals surface area contributed by atoms with Gasteiger partial charge >= 0.3 is 0 Å². The van der Waals surface area contributed by atoms with E-state index in [0.717, 1.165) is 25.1 Å². The molecule has 1 aromatic rings. The van der Waals surface area contributed by atoms with Gasteiger partial charge in [0.2, 0.25) is 5.91 Å². The number of aryl methyl sites for hydroxylation is 2. The van der Waals surface area contributed by atoms with Crippen molar-refractivity contribution in [2.45, 2.75) is 45.2 Å². The van der Waals surface area contributed by atoms with Gasteiger partial charge in [0.1, 0.15) is 0 Å². The number of carbonyl (C=O) groups excluding carboxylic acids is 2. The third-order valence-electron chi connectivity index (χ3n) is 4.52. The Hall–Kier alpha value is -1.89. The predicted molar refractivity (Wildman–Crippen MR) is 86.2 cm³/mol. The van der Waals surface area contributed by atoms with E-state index in [1.54, 1.807) is 29.9 Å². The molecule has 7 nitrogen and oxygen atoms in total. The van der Waals surface area contributed by atoms with Crippen LogP contribution in [0.25, 0.3) is 0 Å². The molecule has 2 heterocycles. The molecule has 1 aliphatic rings. The lowest BCUT2D eigenvalue weighted by molar-refractivity contribution is -0.123. The van der Waals surface area contributed by atoms with Crippen LogP contribution in [0.4, 0.5) is 0 Å². The topological polar surface area (TPSA) is 76.5 Å². The second-order valence-electron chi connectivity index (χ2n) is 6.05. The van der Waals surface area contributed by atoms with E-state index in [0.29, 0.717) is 18.7 Å². The van der Waals surface area contributed by atoms with E-state index in [1.165, 1.54) is 0 Å². The number of hydrogen-bond donors (Lipinski definition) is 1. The van der Waals surface area contributed by atoms with Gasteiger partial charge in [0.15, 0.2) is 0 Å². The molecule has 2 amide bonds. The molecular weight excluding hydrogens is 296 g/mol. The van der Waals surface area contributed by atoms with Crippen LogP contribution in [0.2, 0.25) is 0 Å². The van der Waals surface area contributed by atoms with E-state index in [2.05, 4.69) is 10.4 Å². The summed E-state index contributed by atoms with van der Waals surface area (Å²) in [6, 6.07) is 0. The normalized spacial score (nSPS) is 20.8. The lowest BCUT2D eigenvalue weighted by Gasteiger charge is -2.37. The molecule has 1 aliphatic heterocycles. The highest BCUT2D eigenvalue weighted by Crippen LogP contribution is 2.34. The van der Waals surface area contributed by atoms with Crippen molar-refractivity contribution in [3.05, 3.63) is 17.5 Å². The average molecular weight is 322 g/mol. The zero-order valence-corrected chi connectivity index (χ0v) is 14.4. The van der Waals surface area contributed by atoms with Gasteiger partial charge in [-0.05, 0) is 26.7 Å². The van der Waals surface area contributed by atoms with Gasteiger partial charge in [-0.15, -0.1) is 0 Å². The van der Waals surface area contributed by atoms with Crippen LogP contribution in [0.15, 0.2) is 6.20 Å². The van der Waals surface area contributed by atoms with Crippen molar-refractivity contribution in [1.29, 1.82) is 0 Å². The van der Waals surface area contributed by atoms with Gasteiger partial charge in [0.05, 0.1) is 29.8 Å². The molecule has 0 unspecified atom stereocenters. The zero-order valence-electron chi connectivity index (χ0n) is 14.4. The monoisotopic (exact) mass is 322 g/mol. The van der Waals surface area contributed by atoms with Crippen LogP contribution in [-0.4, -0.2) is 59.3 Å². The van der Waals surface area contributed by atoms with Gasteiger partial charge < -0.3 is 15.0 Å². The van der Waals surface area contributed by atoms with Crippen molar-refractivity contribution in [2.75, 3.05) is 27.3 Å². The Morgan fingerprint density at radius 1 is 1.48 bits per heavy atom. The predicted octanol–water partition coefficient (Wildman–Crippen LogP) is 0.969. The molecule has 0 aliphatic carbocycles. The summed E-state index contributed by atoms with van der Waals surface area (Å²) in [7, 11) is 3.21. The van der Waals surface area contributed by atoms with Crippen LogP contribution < -0.4 is 5.32 Å². The van der Waals surface area contributed by atoms with E-state index >= 15 is 0 Å². The Kier molecular flexibility index (Phi) is 5.41. The number of amides is 2. The van der Waals surface area contributed by atoms with E-state index in [1.807, 2.05) is 13.8 Å². The molecule has 0 aromatic carbocycles. The third-order valence-corrected chi connectivity index (χ3v) is 4.52. The van der Waals surface area contributed by atoms with Gasteiger partial charge in [-0.1, -0.05) is 0 Å². The second kappa shape index (κ2) is 7.12. The molecule has 23 heavy (non-hydrogen) atoms. The molecular formula is C16H26N4O3. The van der Waals surface area contributed by atoms with E-state index in [9.17, 15) is 9.59 Å². The first-order valence-electron chi connectivity index (χ1n) is 8.03. The maximum atomic E-state index is 13.0. The summed E-state index contributed by atoms with van der Waals surface area (Å²) in [5.74, 6) is -0.150. The minimum Gasteiger partial charge on any atom is -0.382 e. The molecule has 1 saturated heterocycles. The van der Waals surface area contributed by atoms with E-state index in [4.69, 9.17) is 4.74 Å². The fourth-order valence-electron chi connectivity index (χ4n) is 3.33. The van der Waals surface area contributed by atoms with Gasteiger partial charge in [-0.25, -0.2) is 0 Å². The number of hydrogen-bond acceptors (Lipinski definition) is 4. The molecule has 7 heteroatoms. The van der Waals surface area contributed by atoms with Crippen molar-refractivity contribution < 1.29 is 14.3 Å². The van der Waals surface area contributed by atoms with Crippen LogP contribution in [0.1, 0.15) is 42.2 Å².